The fourth-order valence-corrected chi connectivity index (χ4v) is 3.10. The number of amides is 2. The van der Waals surface area contributed by atoms with Gasteiger partial charge in [0.15, 0.2) is 0 Å². The fourth-order valence-electron chi connectivity index (χ4n) is 3.10. The third-order valence-electron chi connectivity index (χ3n) is 4.93. The zero-order valence-electron chi connectivity index (χ0n) is 15.4. The number of likely N-dealkylation sites (tertiary alicyclic amines) is 1. The van der Waals surface area contributed by atoms with Crippen LogP contribution in [0.4, 0.5) is 18.9 Å². The van der Waals surface area contributed by atoms with Gasteiger partial charge in [0, 0.05) is 29.9 Å². The summed E-state index contributed by atoms with van der Waals surface area (Å²) in [6, 6.07) is 10.5. The number of hydrogen-bond donors (Lipinski definition) is 1. The van der Waals surface area contributed by atoms with Gasteiger partial charge in [-0.3, -0.25) is 9.59 Å². The molecule has 0 bridgehead atoms. The summed E-state index contributed by atoms with van der Waals surface area (Å²) in [5.74, 6) is 0.118. The average Bonchev–Trinajstić information content (AvgIpc) is 2.68. The number of carbonyl (C=O) groups excluding carboxylic acids is 2. The highest BCUT2D eigenvalue weighted by molar-refractivity contribution is 6.05. The predicted octanol–water partition coefficient (Wildman–Crippen LogP) is 4.83. The first-order chi connectivity index (χ1) is 13.2. The Morgan fingerprint density at radius 2 is 1.46 bits per heavy atom. The van der Waals surface area contributed by atoms with E-state index in [0.717, 1.165) is 38.1 Å². The lowest BCUT2D eigenvalue weighted by Gasteiger charge is -2.30. The molecule has 3 rings (SSSR count). The lowest BCUT2D eigenvalue weighted by Crippen LogP contribution is -2.37. The molecule has 2 aromatic rings. The summed E-state index contributed by atoms with van der Waals surface area (Å²) in [5.41, 5.74) is 0.324. The van der Waals surface area contributed by atoms with Gasteiger partial charge in [-0.2, -0.15) is 13.2 Å². The van der Waals surface area contributed by atoms with Gasteiger partial charge in [-0.05, 0) is 67.3 Å². The molecule has 0 atom stereocenters. The molecule has 0 aromatic heterocycles. The van der Waals surface area contributed by atoms with E-state index < -0.39 is 17.6 Å². The molecule has 148 valence electrons. The van der Waals surface area contributed by atoms with Crippen LogP contribution in [-0.2, 0) is 6.18 Å². The summed E-state index contributed by atoms with van der Waals surface area (Å²) in [6.07, 6.45) is -2.45. The summed E-state index contributed by atoms with van der Waals surface area (Å²) >= 11 is 0. The Morgan fingerprint density at radius 3 is 2.00 bits per heavy atom. The largest absolute Gasteiger partial charge is 0.416 e. The number of halogens is 3. The Labute approximate surface area is 161 Å². The molecule has 1 heterocycles. The Kier molecular flexibility index (Phi) is 5.72. The van der Waals surface area contributed by atoms with E-state index in [9.17, 15) is 22.8 Å². The maximum Gasteiger partial charge on any atom is 0.416 e. The minimum Gasteiger partial charge on any atom is -0.339 e. The number of nitrogens with zero attached hydrogens (tertiary/aromatic N) is 1. The van der Waals surface area contributed by atoms with Crippen LogP contribution in [0.2, 0.25) is 0 Å². The first-order valence-corrected chi connectivity index (χ1v) is 9.12. The van der Waals surface area contributed by atoms with Gasteiger partial charge in [0.1, 0.15) is 0 Å². The monoisotopic (exact) mass is 390 g/mol. The molecule has 28 heavy (non-hydrogen) atoms. The van der Waals surface area contributed by atoms with E-state index in [1.807, 2.05) is 4.90 Å². The number of piperidine rings is 1. The standard InChI is InChI=1S/C21H21F3N2O2/c1-14-10-12-26(13-11-14)20(28)16-4-2-15(3-5-16)19(27)25-18-8-6-17(7-9-18)21(22,23)24/h2-9,14H,10-13H2,1H3,(H,25,27). The van der Waals surface area contributed by atoms with Crippen molar-refractivity contribution in [2.45, 2.75) is 25.9 Å². The van der Waals surface area contributed by atoms with Crippen molar-refractivity contribution in [1.82, 2.24) is 4.90 Å². The van der Waals surface area contributed by atoms with E-state index in [1.54, 1.807) is 24.3 Å². The minimum absolute atomic E-state index is 0.0541. The fraction of sp³-hybridized carbons (Fsp3) is 0.333. The quantitative estimate of drug-likeness (QED) is 0.816. The van der Waals surface area contributed by atoms with E-state index in [2.05, 4.69) is 12.2 Å². The summed E-state index contributed by atoms with van der Waals surface area (Å²) in [7, 11) is 0. The van der Waals surface area contributed by atoms with Crippen molar-refractivity contribution in [2.75, 3.05) is 18.4 Å². The lowest BCUT2D eigenvalue weighted by atomic mass is 9.98. The first kappa shape index (κ1) is 19.9. The molecule has 1 saturated heterocycles. The summed E-state index contributed by atoms with van der Waals surface area (Å²) in [6.45, 7) is 3.64. The van der Waals surface area contributed by atoms with E-state index in [-0.39, 0.29) is 11.6 Å². The SMILES string of the molecule is CC1CCN(C(=O)c2ccc(C(=O)Nc3ccc(C(F)(F)F)cc3)cc2)CC1. The van der Waals surface area contributed by atoms with Crippen molar-refractivity contribution in [3.05, 3.63) is 65.2 Å². The van der Waals surface area contributed by atoms with Crippen molar-refractivity contribution in [3.8, 4) is 0 Å². The molecular formula is C21H21F3N2O2. The van der Waals surface area contributed by atoms with Crippen LogP contribution in [0.1, 0.15) is 46.0 Å². The second-order valence-electron chi connectivity index (χ2n) is 7.08. The van der Waals surface area contributed by atoms with Crippen LogP contribution in [0.15, 0.2) is 48.5 Å². The zero-order chi connectivity index (χ0) is 20.3. The van der Waals surface area contributed by atoms with Crippen molar-refractivity contribution >= 4 is 17.5 Å². The van der Waals surface area contributed by atoms with Gasteiger partial charge in [0.25, 0.3) is 11.8 Å². The molecule has 0 saturated carbocycles. The average molecular weight is 390 g/mol. The normalized spacial score (nSPS) is 15.4. The van der Waals surface area contributed by atoms with Crippen LogP contribution in [0.5, 0.6) is 0 Å². The van der Waals surface area contributed by atoms with Gasteiger partial charge in [-0.25, -0.2) is 0 Å². The summed E-state index contributed by atoms with van der Waals surface area (Å²) in [5, 5.41) is 2.55. The molecule has 2 amide bonds. The number of alkyl halides is 3. The number of benzene rings is 2. The molecule has 0 unspecified atom stereocenters. The van der Waals surface area contributed by atoms with E-state index in [4.69, 9.17) is 0 Å². The maximum absolute atomic E-state index is 12.6. The summed E-state index contributed by atoms with van der Waals surface area (Å²) < 4.78 is 37.8. The highest BCUT2D eigenvalue weighted by Gasteiger charge is 2.30. The lowest BCUT2D eigenvalue weighted by molar-refractivity contribution is -0.137. The van der Waals surface area contributed by atoms with Gasteiger partial charge in [-0.15, -0.1) is 0 Å². The highest BCUT2D eigenvalue weighted by atomic mass is 19.4. The maximum atomic E-state index is 12.6. The molecule has 4 nitrogen and oxygen atoms in total. The molecule has 7 heteroatoms. The van der Waals surface area contributed by atoms with Gasteiger partial charge in [-0.1, -0.05) is 6.92 Å². The number of carbonyl (C=O) groups is 2. The van der Waals surface area contributed by atoms with Crippen LogP contribution in [-0.4, -0.2) is 29.8 Å². The van der Waals surface area contributed by atoms with Crippen LogP contribution in [0.3, 0.4) is 0 Å². The second kappa shape index (κ2) is 8.04. The van der Waals surface area contributed by atoms with E-state index >= 15 is 0 Å². The van der Waals surface area contributed by atoms with Gasteiger partial charge in [0.05, 0.1) is 5.56 Å². The minimum atomic E-state index is -4.42. The van der Waals surface area contributed by atoms with Crippen LogP contribution < -0.4 is 5.32 Å². The molecular weight excluding hydrogens is 369 g/mol. The second-order valence-corrected chi connectivity index (χ2v) is 7.08. The summed E-state index contributed by atoms with van der Waals surface area (Å²) in [4.78, 5) is 26.6. The number of rotatable bonds is 3. The molecule has 1 aliphatic heterocycles. The van der Waals surface area contributed by atoms with Crippen LogP contribution in [0.25, 0.3) is 0 Å². The molecule has 0 radical (unpaired) electrons. The molecule has 1 fully saturated rings. The molecule has 2 aromatic carbocycles. The van der Waals surface area contributed by atoms with Crippen molar-refractivity contribution < 1.29 is 22.8 Å². The smallest absolute Gasteiger partial charge is 0.339 e. The molecule has 1 N–H and O–H groups in total. The number of nitrogens with one attached hydrogen (secondary N) is 1. The Balaban J connectivity index is 1.63. The Hall–Kier alpha value is -2.83. The van der Waals surface area contributed by atoms with Gasteiger partial charge >= 0.3 is 6.18 Å². The van der Waals surface area contributed by atoms with Gasteiger partial charge in [0.2, 0.25) is 0 Å². The Morgan fingerprint density at radius 1 is 0.929 bits per heavy atom. The van der Waals surface area contributed by atoms with Crippen LogP contribution in [0, 0.1) is 5.92 Å². The van der Waals surface area contributed by atoms with E-state index in [0.29, 0.717) is 17.0 Å². The van der Waals surface area contributed by atoms with Crippen molar-refractivity contribution in [1.29, 1.82) is 0 Å². The Bertz CT molecular complexity index is 837. The van der Waals surface area contributed by atoms with E-state index in [1.165, 1.54) is 12.1 Å². The molecule has 1 aliphatic rings. The zero-order valence-corrected chi connectivity index (χ0v) is 15.4. The molecule has 0 aliphatic carbocycles. The topological polar surface area (TPSA) is 49.4 Å². The van der Waals surface area contributed by atoms with Crippen molar-refractivity contribution in [2.24, 2.45) is 5.92 Å². The first-order valence-electron chi connectivity index (χ1n) is 9.12. The third-order valence-corrected chi connectivity index (χ3v) is 4.93. The third kappa shape index (κ3) is 4.71. The predicted molar refractivity (Wildman–Crippen MR) is 100 cm³/mol. The van der Waals surface area contributed by atoms with Crippen LogP contribution >= 0.6 is 0 Å². The molecule has 0 spiro atoms. The van der Waals surface area contributed by atoms with Gasteiger partial charge < -0.3 is 10.2 Å². The number of hydrogen-bond acceptors (Lipinski definition) is 2. The highest BCUT2D eigenvalue weighted by Crippen LogP contribution is 2.29. The number of anilines is 1. The van der Waals surface area contributed by atoms with Crippen molar-refractivity contribution in [3.63, 3.8) is 0 Å².